The second-order valence-corrected chi connectivity index (χ2v) is 3.75. The average Bonchev–Trinajstić information content (AvgIpc) is 2.17. The SMILES string of the molecule is C=CCSCCNC(=O)COCC(=O)O. The summed E-state index contributed by atoms with van der Waals surface area (Å²) in [5.41, 5.74) is 0. The van der Waals surface area contributed by atoms with Crippen LogP contribution in [0.25, 0.3) is 0 Å². The van der Waals surface area contributed by atoms with Crippen molar-refractivity contribution < 1.29 is 19.4 Å². The minimum atomic E-state index is -1.08. The Morgan fingerprint density at radius 3 is 2.80 bits per heavy atom. The van der Waals surface area contributed by atoms with E-state index in [9.17, 15) is 9.59 Å². The smallest absolute Gasteiger partial charge is 0.329 e. The molecule has 5 nitrogen and oxygen atoms in total. The van der Waals surface area contributed by atoms with Crippen molar-refractivity contribution in [3.8, 4) is 0 Å². The van der Waals surface area contributed by atoms with Gasteiger partial charge >= 0.3 is 5.97 Å². The Morgan fingerprint density at radius 1 is 1.47 bits per heavy atom. The molecule has 15 heavy (non-hydrogen) atoms. The van der Waals surface area contributed by atoms with Gasteiger partial charge in [-0.3, -0.25) is 4.79 Å². The van der Waals surface area contributed by atoms with E-state index in [-0.39, 0.29) is 12.5 Å². The van der Waals surface area contributed by atoms with Gasteiger partial charge in [0.1, 0.15) is 13.2 Å². The van der Waals surface area contributed by atoms with E-state index in [1.807, 2.05) is 0 Å². The number of amides is 1. The van der Waals surface area contributed by atoms with E-state index in [0.29, 0.717) is 6.54 Å². The summed E-state index contributed by atoms with van der Waals surface area (Å²) < 4.78 is 4.60. The molecule has 0 aromatic heterocycles. The van der Waals surface area contributed by atoms with Crippen molar-refractivity contribution >= 4 is 23.6 Å². The third-order valence-corrected chi connectivity index (χ3v) is 2.23. The van der Waals surface area contributed by atoms with Gasteiger partial charge in [0.15, 0.2) is 0 Å². The zero-order valence-electron chi connectivity index (χ0n) is 8.40. The van der Waals surface area contributed by atoms with E-state index in [2.05, 4.69) is 16.6 Å². The molecule has 0 heterocycles. The first-order valence-electron chi connectivity index (χ1n) is 4.41. The van der Waals surface area contributed by atoms with Gasteiger partial charge in [-0.2, -0.15) is 11.8 Å². The number of hydrogen-bond acceptors (Lipinski definition) is 4. The molecule has 0 rings (SSSR count). The molecule has 0 atom stereocenters. The highest BCUT2D eigenvalue weighted by Crippen LogP contribution is 1.96. The van der Waals surface area contributed by atoms with Gasteiger partial charge in [0.2, 0.25) is 5.91 Å². The van der Waals surface area contributed by atoms with Crippen LogP contribution in [-0.4, -0.2) is 48.2 Å². The van der Waals surface area contributed by atoms with Gasteiger partial charge in [0.05, 0.1) is 0 Å². The maximum absolute atomic E-state index is 11.0. The maximum Gasteiger partial charge on any atom is 0.329 e. The molecule has 0 aliphatic heterocycles. The molecule has 0 aliphatic rings. The predicted octanol–water partition coefficient (Wildman–Crippen LogP) is 0.123. The van der Waals surface area contributed by atoms with E-state index >= 15 is 0 Å². The highest BCUT2D eigenvalue weighted by atomic mass is 32.2. The van der Waals surface area contributed by atoms with Crippen molar-refractivity contribution in [1.29, 1.82) is 0 Å². The maximum atomic E-state index is 11.0. The van der Waals surface area contributed by atoms with Crippen molar-refractivity contribution in [2.24, 2.45) is 0 Å². The predicted molar refractivity (Wildman–Crippen MR) is 59.0 cm³/mol. The van der Waals surface area contributed by atoms with Gasteiger partial charge in [-0.05, 0) is 0 Å². The fourth-order valence-electron chi connectivity index (χ4n) is 0.711. The lowest BCUT2D eigenvalue weighted by atomic mass is 10.6. The van der Waals surface area contributed by atoms with Crippen LogP contribution in [0.15, 0.2) is 12.7 Å². The van der Waals surface area contributed by atoms with Gasteiger partial charge in [-0.25, -0.2) is 4.79 Å². The number of nitrogens with one attached hydrogen (secondary N) is 1. The average molecular weight is 233 g/mol. The van der Waals surface area contributed by atoms with Crippen LogP contribution >= 0.6 is 11.8 Å². The Bertz CT molecular complexity index is 220. The van der Waals surface area contributed by atoms with Crippen LogP contribution in [0.2, 0.25) is 0 Å². The first-order chi connectivity index (χ1) is 7.16. The van der Waals surface area contributed by atoms with E-state index < -0.39 is 12.6 Å². The van der Waals surface area contributed by atoms with Crippen molar-refractivity contribution in [2.75, 3.05) is 31.3 Å². The summed E-state index contributed by atoms with van der Waals surface area (Å²) in [6.07, 6.45) is 1.79. The summed E-state index contributed by atoms with van der Waals surface area (Å²) in [5.74, 6) is 0.280. The molecule has 0 fully saturated rings. The van der Waals surface area contributed by atoms with Crippen LogP contribution in [0.1, 0.15) is 0 Å². The summed E-state index contributed by atoms with van der Waals surface area (Å²) in [6.45, 7) is 3.46. The fraction of sp³-hybridized carbons (Fsp3) is 0.556. The Balaban J connectivity index is 3.25. The molecule has 0 aliphatic carbocycles. The van der Waals surface area contributed by atoms with Crippen molar-refractivity contribution in [1.82, 2.24) is 5.32 Å². The molecule has 0 aromatic rings. The van der Waals surface area contributed by atoms with E-state index in [4.69, 9.17) is 5.11 Å². The van der Waals surface area contributed by atoms with Crippen LogP contribution < -0.4 is 5.32 Å². The van der Waals surface area contributed by atoms with Crippen molar-refractivity contribution in [3.05, 3.63) is 12.7 Å². The Morgan fingerprint density at radius 2 is 2.20 bits per heavy atom. The van der Waals surface area contributed by atoms with Gasteiger partial charge < -0.3 is 15.2 Å². The Kier molecular flexibility index (Phi) is 8.90. The quantitative estimate of drug-likeness (QED) is 0.437. The number of carbonyl (C=O) groups excluding carboxylic acids is 1. The zero-order valence-corrected chi connectivity index (χ0v) is 9.22. The second-order valence-electron chi connectivity index (χ2n) is 2.60. The highest BCUT2D eigenvalue weighted by Gasteiger charge is 2.02. The van der Waals surface area contributed by atoms with Crippen LogP contribution in [0.3, 0.4) is 0 Å². The van der Waals surface area contributed by atoms with Gasteiger partial charge in [-0.15, -0.1) is 6.58 Å². The van der Waals surface area contributed by atoms with Crippen LogP contribution in [-0.2, 0) is 14.3 Å². The molecule has 6 heteroatoms. The van der Waals surface area contributed by atoms with E-state index in [1.165, 1.54) is 0 Å². The Hall–Kier alpha value is -1.01. The molecule has 0 radical (unpaired) electrons. The normalized spacial score (nSPS) is 9.60. The van der Waals surface area contributed by atoms with Crippen LogP contribution in [0, 0.1) is 0 Å². The van der Waals surface area contributed by atoms with Gasteiger partial charge in [-0.1, -0.05) is 6.08 Å². The van der Waals surface area contributed by atoms with Crippen molar-refractivity contribution in [2.45, 2.75) is 0 Å². The number of thioether (sulfide) groups is 1. The summed E-state index contributed by atoms with van der Waals surface area (Å²) in [5, 5.41) is 10.8. The molecule has 0 spiro atoms. The molecule has 0 saturated carbocycles. The first-order valence-corrected chi connectivity index (χ1v) is 5.57. The topological polar surface area (TPSA) is 75.6 Å². The van der Waals surface area contributed by atoms with E-state index in [0.717, 1.165) is 11.5 Å². The summed E-state index contributed by atoms with van der Waals surface area (Å²) in [4.78, 5) is 21.0. The lowest BCUT2D eigenvalue weighted by molar-refractivity contribution is -0.143. The lowest BCUT2D eigenvalue weighted by Gasteiger charge is -2.04. The van der Waals surface area contributed by atoms with Crippen molar-refractivity contribution in [3.63, 3.8) is 0 Å². The number of carbonyl (C=O) groups is 2. The number of carboxylic acid groups (broad SMARTS) is 1. The molecule has 2 N–H and O–H groups in total. The number of aliphatic carboxylic acids is 1. The molecule has 0 bridgehead atoms. The molecule has 0 aromatic carbocycles. The van der Waals surface area contributed by atoms with E-state index in [1.54, 1.807) is 17.8 Å². The van der Waals surface area contributed by atoms with Gasteiger partial charge in [0.25, 0.3) is 0 Å². The zero-order chi connectivity index (χ0) is 11.5. The standard InChI is InChI=1S/C9H15NO4S/c1-2-4-15-5-3-10-8(11)6-14-7-9(12)13/h2H,1,3-7H2,(H,10,11)(H,12,13). The number of ether oxygens (including phenoxy) is 1. The van der Waals surface area contributed by atoms with Crippen LogP contribution in [0.4, 0.5) is 0 Å². The molecule has 0 unspecified atom stereocenters. The third-order valence-electron chi connectivity index (χ3n) is 1.26. The fourth-order valence-corrected chi connectivity index (χ4v) is 1.29. The summed E-state index contributed by atoms with van der Waals surface area (Å²) in [7, 11) is 0. The Labute approximate surface area is 92.9 Å². The number of carboxylic acids is 1. The molecule has 1 amide bonds. The van der Waals surface area contributed by atoms with Gasteiger partial charge in [0, 0.05) is 18.1 Å². The van der Waals surface area contributed by atoms with Crippen LogP contribution in [0.5, 0.6) is 0 Å². The highest BCUT2D eigenvalue weighted by molar-refractivity contribution is 7.99. The molecule has 86 valence electrons. The largest absolute Gasteiger partial charge is 0.480 e. The molecule has 0 saturated heterocycles. The summed E-state index contributed by atoms with van der Waals surface area (Å²) in [6, 6.07) is 0. The lowest BCUT2D eigenvalue weighted by Crippen LogP contribution is -2.30. The third kappa shape index (κ3) is 10.9. The summed E-state index contributed by atoms with van der Waals surface area (Å²) >= 11 is 1.66. The molecular formula is C9H15NO4S. The first kappa shape index (κ1) is 14.0. The number of hydrogen-bond donors (Lipinski definition) is 2. The minimum absolute atomic E-state index is 0.210. The molecular weight excluding hydrogens is 218 g/mol. The minimum Gasteiger partial charge on any atom is -0.480 e. The second kappa shape index (κ2) is 9.54. The number of rotatable bonds is 9. The monoisotopic (exact) mass is 233 g/mol.